The zero-order valence-electron chi connectivity index (χ0n) is 20.1. The standard InChI is InChI=1S/C27H44O4/c1-15-5-10-27(30-14-15)16(2)24-23(31-27)13-20-18-12-22(29)21-11-17(28)6-8-25(21,3)19(18)7-9-26(20,24)4/h15-24,28-29H,5-14H2,1-4H3/t15-,16-,17-,18-,19+,20+,21+,22+,23-,24-,25+,26-,27+/m0/s1. The summed E-state index contributed by atoms with van der Waals surface area (Å²) in [6, 6.07) is 0. The van der Waals surface area contributed by atoms with Crippen molar-refractivity contribution in [3.8, 4) is 0 Å². The third kappa shape index (κ3) is 2.80. The van der Waals surface area contributed by atoms with Gasteiger partial charge in [-0.05, 0) is 97.7 Å². The Bertz CT molecular complexity index is 716. The van der Waals surface area contributed by atoms with E-state index in [1.165, 1.54) is 19.3 Å². The van der Waals surface area contributed by atoms with Gasteiger partial charge in [-0.25, -0.2) is 0 Å². The van der Waals surface area contributed by atoms with Gasteiger partial charge in [-0.15, -0.1) is 0 Å². The molecule has 6 rings (SSSR count). The summed E-state index contributed by atoms with van der Waals surface area (Å²) in [7, 11) is 0. The first-order valence-corrected chi connectivity index (χ1v) is 13.4. The number of rotatable bonds is 0. The average molecular weight is 433 g/mol. The Balaban J connectivity index is 1.28. The van der Waals surface area contributed by atoms with Crippen molar-refractivity contribution in [2.24, 2.45) is 52.3 Å². The van der Waals surface area contributed by atoms with Crippen LogP contribution < -0.4 is 0 Å². The van der Waals surface area contributed by atoms with Crippen LogP contribution in [0.1, 0.15) is 85.5 Å². The van der Waals surface area contributed by atoms with E-state index in [9.17, 15) is 10.2 Å². The third-order valence-corrected chi connectivity index (χ3v) is 11.9. The maximum atomic E-state index is 11.2. The van der Waals surface area contributed by atoms with Gasteiger partial charge in [-0.1, -0.05) is 27.7 Å². The highest BCUT2D eigenvalue weighted by Crippen LogP contribution is 2.71. The van der Waals surface area contributed by atoms with Crippen LogP contribution in [0.3, 0.4) is 0 Å². The van der Waals surface area contributed by atoms with Gasteiger partial charge < -0.3 is 19.7 Å². The third-order valence-electron chi connectivity index (χ3n) is 11.9. The second-order valence-electron chi connectivity index (χ2n) is 13.2. The first kappa shape index (κ1) is 21.4. The van der Waals surface area contributed by atoms with Crippen molar-refractivity contribution in [2.45, 2.75) is 110 Å². The van der Waals surface area contributed by atoms with E-state index < -0.39 is 0 Å². The molecule has 4 heteroatoms. The van der Waals surface area contributed by atoms with E-state index in [1.807, 2.05) is 0 Å². The van der Waals surface area contributed by atoms with Crippen LogP contribution in [0.2, 0.25) is 0 Å². The van der Waals surface area contributed by atoms with Crippen molar-refractivity contribution in [3.63, 3.8) is 0 Å². The Morgan fingerprint density at radius 1 is 0.806 bits per heavy atom. The molecule has 6 fully saturated rings. The highest BCUT2D eigenvalue weighted by molar-refractivity contribution is 5.16. The minimum Gasteiger partial charge on any atom is -0.393 e. The van der Waals surface area contributed by atoms with Crippen LogP contribution in [0, 0.1) is 52.3 Å². The lowest BCUT2D eigenvalue weighted by Gasteiger charge is -2.62. The summed E-state index contributed by atoms with van der Waals surface area (Å²) in [6.07, 6.45) is 9.58. The summed E-state index contributed by atoms with van der Waals surface area (Å²) in [5.74, 6) is 3.58. The van der Waals surface area contributed by atoms with Crippen molar-refractivity contribution in [3.05, 3.63) is 0 Å². The fourth-order valence-corrected chi connectivity index (χ4v) is 10.3. The van der Waals surface area contributed by atoms with Gasteiger partial charge in [-0.2, -0.15) is 0 Å². The zero-order chi connectivity index (χ0) is 21.8. The molecule has 0 amide bonds. The molecular weight excluding hydrogens is 388 g/mol. The number of hydrogen-bond acceptors (Lipinski definition) is 4. The Morgan fingerprint density at radius 3 is 2.32 bits per heavy atom. The maximum absolute atomic E-state index is 11.2. The lowest BCUT2D eigenvalue weighted by molar-refractivity contribution is -0.273. The van der Waals surface area contributed by atoms with Gasteiger partial charge in [0.15, 0.2) is 5.79 Å². The molecule has 2 N–H and O–H groups in total. The average Bonchev–Trinajstić information content (AvgIpc) is 3.17. The van der Waals surface area contributed by atoms with E-state index in [2.05, 4.69) is 27.7 Å². The van der Waals surface area contributed by atoms with Crippen LogP contribution in [0.15, 0.2) is 0 Å². The van der Waals surface area contributed by atoms with E-state index in [1.54, 1.807) is 0 Å². The molecule has 2 aliphatic heterocycles. The monoisotopic (exact) mass is 432 g/mol. The summed E-state index contributed by atoms with van der Waals surface area (Å²) in [6.45, 7) is 10.6. The van der Waals surface area contributed by atoms with Crippen LogP contribution in [0.4, 0.5) is 0 Å². The Labute approximate surface area is 188 Å². The van der Waals surface area contributed by atoms with Gasteiger partial charge in [0, 0.05) is 12.3 Å². The summed E-state index contributed by atoms with van der Waals surface area (Å²) in [5, 5.41) is 21.5. The van der Waals surface area contributed by atoms with Gasteiger partial charge in [0.2, 0.25) is 0 Å². The quantitative estimate of drug-likeness (QED) is 0.579. The molecule has 2 saturated heterocycles. The van der Waals surface area contributed by atoms with Crippen molar-refractivity contribution >= 4 is 0 Å². The second-order valence-corrected chi connectivity index (χ2v) is 13.2. The van der Waals surface area contributed by atoms with Crippen LogP contribution in [0.5, 0.6) is 0 Å². The van der Waals surface area contributed by atoms with E-state index in [0.29, 0.717) is 47.0 Å². The van der Waals surface area contributed by atoms with E-state index in [0.717, 1.165) is 45.1 Å². The summed E-state index contributed by atoms with van der Waals surface area (Å²) in [5.41, 5.74) is 0.495. The number of aliphatic hydroxyl groups excluding tert-OH is 2. The predicted octanol–water partition coefficient (Wildman–Crippen LogP) is 4.76. The first-order valence-electron chi connectivity index (χ1n) is 13.4. The second kappa shape index (κ2) is 6.93. The fourth-order valence-electron chi connectivity index (χ4n) is 10.3. The van der Waals surface area contributed by atoms with Crippen LogP contribution in [-0.4, -0.2) is 40.9 Å². The smallest absolute Gasteiger partial charge is 0.171 e. The molecule has 4 saturated carbocycles. The molecule has 0 unspecified atom stereocenters. The molecule has 0 bridgehead atoms. The number of aliphatic hydroxyl groups is 2. The van der Waals surface area contributed by atoms with Crippen molar-refractivity contribution in [2.75, 3.05) is 6.61 Å². The topological polar surface area (TPSA) is 58.9 Å². The molecule has 0 aromatic carbocycles. The molecule has 1 spiro atoms. The lowest BCUT2D eigenvalue weighted by Crippen LogP contribution is -2.58. The summed E-state index contributed by atoms with van der Waals surface area (Å²) in [4.78, 5) is 0. The van der Waals surface area contributed by atoms with Crippen molar-refractivity contribution in [1.29, 1.82) is 0 Å². The van der Waals surface area contributed by atoms with Gasteiger partial charge >= 0.3 is 0 Å². The highest BCUT2D eigenvalue weighted by atomic mass is 16.7. The Morgan fingerprint density at radius 2 is 1.58 bits per heavy atom. The van der Waals surface area contributed by atoms with Crippen molar-refractivity contribution < 1.29 is 19.7 Å². The molecule has 176 valence electrons. The summed E-state index contributed by atoms with van der Waals surface area (Å²) < 4.78 is 13.3. The molecule has 4 nitrogen and oxygen atoms in total. The minimum atomic E-state index is -0.338. The van der Waals surface area contributed by atoms with Crippen LogP contribution >= 0.6 is 0 Å². The largest absolute Gasteiger partial charge is 0.393 e. The number of hydrogen-bond donors (Lipinski definition) is 2. The highest BCUT2D eigenvalue weighted by Gasteiger charge is 2.69. The number of ether oxygens (including phenoxy) is 2. The van der Waals surface area contributed by atoms with Crippen molar-refractivity contribution in [1.82, 2.24) is 0 Å². The van der Waals surface area contributed by atoms with E-state index in [-0.39, 0.29) is 29.3 Å². The van der Waals surface area contributed by atoms with Crippen LogP contribution in [-0.2, 0) is 9.47 Å². The first-order chi connectivity index (χ1) is 14.7. The van der Waals surface area contributed by atoms with E-state index in [4.69, 9.17) is 9.47 Å². The number of fused-ring (bicyclic) bond motifs is 7. The molecule has 0 aromatic rings. The van der Waals surface area contributed by atoms with Gasteiger partial charge in [-0.3, -0.25) is 0 Å². The molecule has 31 heavy (non-hydrogen) atoms. The van der Waals surface area contributed by atoms with Gasteiger partial charge in [0.25, 0.3) is 0 Å². The Hall–Kier alpha value is -0.160. The minimum absolute atomic E-state index is 0.191. The van der Waals surface area contributed by atoms with Gasteiger partial charge in [0.05, 0.1) is 24.9 Å². The molecule has 0 aromatic heterocycles. The molecule has 4 aliphatic carbocycles. The predicted molar refractivity (Wildman–Crippen MR) is 119 cm³/mol. The molecule has 6 aliphatic rings. The normalized spacial score (nSPS) is 63.3. The Kier molecular flexibility index (Phi) is 4.78. The fraction of sp³-hybridized carbons (Fsp3) is 1.00. The van der Waals surface area contributed by atoms with Crippen LogP contribution in [0.25, 0.3) is 0 Å². The zero-order valence-corrected chi connectivity index (χ0v) is 20.1. The lowest BCUT2D eigenvalue weighted by atomic mass is 9.43. The molecule has 2 heterocycles. The van der Waals surface area contributed by atoms with Gasteiger partial charge in [0.1, 0.15) is 0 Å². The molecule has 0 radical (unpaired) electrons. The SMILES string of the molecule is C[C@H]1CC[C@@]2(OC1)O[C@H]1C[C@@H]3[C@H]4C[C@@H](O)[C@H]5C[C@@H](O)CC[C@]5(C)[C@@H]4CC[C@]3(C)[C@H]1[C@@H]2C. The maximum Gasteiger partial charge on any atom is 0.171 e. The summed E-state index contributed by atoms with van der Waals surface area (Å²) >= 11 is 0. The van der Waals surface area contributed by atoms with E-state index >= 15 is 0 Å². The molecular formula is C27H44O4. The molecule has 13 atom stereocenters.